The molecule has 0 saturated carbocycles. The fraction of sp³-hybridized carbons (Fsp3) is 0.471. The van der Waals surface area contributed by atoms with Gasteiger partial charge in [0.1, 0.15) is 41.4 Å². The largest absolute Gasteiger partial charge is 0.508 e. The average Bonchev–Trinajstić information content (AvgIpc) is 3.69. The van der Waals surface area contributed by atoms with Crippen LogP contribution in [0.25, 0.3) is 32.9 Å². The smallest absolute Gasteiger partial charge is 0.319 e. The summed E-state index contributed by atoms with van der Waals surface area (Å²) in [4.78, 5) is 33.1. The predicted octanol–water partition coefficient (Wildman–Crippen LogP) is 3.94. The Labute approximate surface area is 268 Å². The second kappa shape index (κ2) is 10.6. The first-order valence-corrected chi connectivity index (χ1v) is 16.4. The zero-order valence-corrected chi connectivity index (χ0v) is 25.6. The van der Waals surface area contributed by atoms with E-state index < -0.39 is 23.3 Å². The van der Waals surface area contributed by atoms with E-state index in [0.29, 0.717) is 49.2 Å². The van der Waals surface area contributed by atoms with E-state index in [-0.39, 0.29) is 64.6 Å². The number of ether oxygens (including phenoxy) is 1. The highest BCUT2D eigenvalue weighted by Crippen LogP contribution is 2.42. The van der Waals surface area contributed by atoms with Crippen molar-refractivity contribution in [2.45, 2.75) is 61.9 Å². The molecule has 4 aromatic rings. The first-order valence-electron chi connectivity index (χ1n) is 16.4. The number of piperazine rings is 1. The zero-order chi connectivity index (χ0) is 32.0. The van der Waals surface area contributed by atoms with Crippen molar-refractivity contribution in [3.8, 4) is 23.0 Å². The van der Waals surface area contributed by atoms with E-state index in [0.717, 1.165) is 32.2 Å². The summed E-state index contributed by atoms with van der Waals surface area (Å²) in [5.41, 5.74) is -0.575. The van der Waals surface area contributed by atoms with E-state index in [4.69, 9.17) is 9.72 Å². The zero-order valence-electron chi connectivity index (χ0n) is 25.6. The number of benzene rings is 2. The topological polar surface area (TPSA) is 117 Å². The van der Waals surface area contributed by atoms with Gasteiger partial charge in [0.05, 0.1) is 17.0 Å². The van der Waals surface area contributed by atoms with Crippen LogP contribution in [-0.2, 0) is 4.79 Å². The highest BCUT2D eigenvalue weighted by atomic mass is 19.1. The normalized spacial score (nSPS) is 28.4. The van der Waals surface area contributed by atoms with Crippen molar-refractivity contribution in [3.63, 3.8) is 0 Å². The third-order valence-corrected chi connectivity index (χ3v) is 10.8. The number of phenols is 1. The molecule has 2 aromatic carbocycles. The lowest BCUT2D eigenvalue weighted by Gasteiger charge is -2.42. The Morgan fingerprint density at radius 1 is 1.13 bits per heavy atom. The molecule has 2 bridgehead atoms. The molecule has 5 atom stereocenters. The molecule has 0 radical (unpaired) electrons. The number of alkyl halides is 1. The van der Waals surface area contributed by atoms with E-state index in [1.807, 2.05) is 4.90 Å². The Kier molecular flexibility index (Phi) is 6.56. The van der Waals surface area contributed by atoms with Crippen molar-refractivity contribution < 1.29 is 27.8 Å². The molecule has 0 aliphatic carbocycles. The molecule has 5 aliphatic heterocycles. The van der Waals surface area contributed by atoms with Gasteiger partial charge in [-0.05, 0) is 55.8 Å². The molecule has 5 aliphatic rings. The van der Waals surface area contributed by atoms with Gasteiger partial charge in [0.15, 0.2) is 5.82 Å². The molecule has 5 saturated heterocycles. The Morgan fingerprint density at radius 3 is 2.72 bits per heavy atom. The van der Waals surface area contributed by atoms with Crippen molar-refractivity contribution in [3.05, 3.63) is 48.2 Å². The monoisotopic (exact) mass is 645 g/mol. The number of aromatic hydroxyl groups is 1. The van der Waals surface area contributed by atoms with Crippen molar-refractivity contribution >= 4 is 33.4 Å². The quantitative estimate of drug-likeness (QED) is 0.301. The number of hydrogen-bond acceptors (Lipinski definition) is 9. The molecule has 2 N–H and O–H groups in total. The molecule has 2 aromatic heterocycles. The van der Waals surface area contributed by atoms with Gasteiger partial charge in [-0.15, -0.1) is 0 Å². The summed E-state index contributed by atoms with van der Waals surface area (Å²) < 4.78 is 52.7. The fourth-order valence-electron chi connectivity index (χ4n) is 8.56. The minimum atomic E-state index is -0.934. The molecule has 5 fully saturated rings. The first kappa shape index (κ1) is 29.0. The molecule has 7 heterocycles. The number of nitrogens with one attached hydrogen (secondary N) is 1. The van der Waals surface area contributed by atoms with Gasteiger partial charge in [0, 0.05) is 61.8 Å². The molecule has 0 spiro atoms. The lowest BCUT2D eigenvalue weighted by molar-refractivity contribution is -0.133. The molecule has 244 valence electrons. The predicted molar refractivity (Wildman–Crippen MR) is 168 cm³/mol. The summed E-state index contributed by atoms with van der Waals surface area (Å²) >= 11 is 0. The van der Waals surface area contributed by atoms with E-state index >= 15 is 8.78 Å². The molecule has 10 nitrogen and oxygen atoms in total. The van der Waals surface area contributed by atoms with Crippen LogP contribution in [0.3, 0.4) is 0 Å². The van der Waals surface area contributed by atoms with Gasteiger partial charge < -0.3 is 25.0 Å². The van der Waals surface area contributed by atoms with E-state index in [2.05, 4.69) is 25.1 Å². The van der Waals surface area contributed by atoms with Gasteiger partial charge in [-0.3, -0.25) is 14.7 Å². The summed E-state index contributed by atoms with van der Waals surface area (Å²) in [7, 11) is 0. The first-order chi connectivity index (χ1) is 22.8. The van der Waals surface area contributed by atoms with Gasteiger partial charge in [-0.25, -0.2) is 13.2 Å². The lowest BCUT2D eigenvalue weighted by Crippen LogP contribution is -2.57. The van der Waals surface area contributed by atoms with Crippen LogP contribution in [-0.4, -0.2) is 105 Å². The number of amides is 1. The number of rotatable bonds is 6. The number of hydrogen-bond donors (Lipinski definition) is 2. The molecule has 13 heteroatoms. The number of phenolic OH excluding ortho intramolecular Hbond substituents is 1. The number of nitrogens with zero attached hydrogens (tertiary/aromatic N) is 6. The van der Waals surface area contributed by atoms with Crippen LogP contribution >= 0.6 is 0 Å². The lowest BCUT2D eigenvalue weighted by atomic mass is 9.95. The number of halogens is 3. The fourth-order valence-corrected chi connectivity index (χ4v) is 8.56. The Morgan fingerprint density at radius 2 is 1.94 bits per heavy atom. The number of fused-ring (bicyclic) bond motifs is 5. The maximum absolute atomic E-state index is 16.8. The Bertz CT molecular complexity index is 1930. The van der Waals surface area contributed by atoms with Crippen molar-refractivity contribution in [1.82, 2.24) is 30.1 Å². The second-order valence-corrected chi connectivity index (χ2v) is 13.7. The average molecular weight is 646 g/mol. The Balaban J connectivity index is 1.14. The molecule has 1 amide bonds. The number of carbonyl (C=O) groups is 1. The molecular formula is C34H34F3N7O3. The number of aromatic nitrogens is 3. The molecular weight excluding hydrogens is 611 g/mol. The van der Waals surface area contributed by atoms with Crippen LogP contribution in [0.15, 0.2) is 36.5 Å². The number of carbonyl (C=O) groups excluding carboxylic acids is 1. The third-order valence-electron chi connectivity index (χ3n) is 10.8. The maximum atomic E-state index is 16.8. The van der Waals surface area contributed by atoms with Crippen molar-refractivity contribution in [2.75, 3.05) is 44.2 Å². The van der Waals surface area contributed by atoms with Crippen molar-refractivity contribution in [2.24, 2.45) is 0 Å². The van der Waals surface area contributed by atoms with Crippen LogP contribution in [0.1, 0.15) is 32.1 Å². The van der Waals surface area contributed by atoms with Gasteiger partial charge >= 0.3 is 6.01 Å². The molecule has 47 heavy (non-hydrogen) atoms. The van der Waals surface area contributed by atoms with Gasteiger partial charge in [-0.1, -0.05) is 12.1 Å². The molecule has 2 unspecified atom stereocenters. The minimum absolute atomic E-state index is 0.0114. The summed E-state index contributed by atoms with van der Waals surface area (Å²) in [6.45, 7) is 3.05. The minimum Gasteiger partial charge on any atom is -0.508 e. The molecule has 9 rings (SSSR count). The van der Waals surface area contributed by atoms with Crippen LogP contribution in [0.4, 0.5) is 19.0 Å². The summed E-state index contributed by atoms with van der Waals surface area (Å²) in [6, 6.07) is 6.99. The van der Waals surface area contributed by atoms with E-state index in [1.54, 1.807) is 6.07 Å². The van der Waals surface area contributed by atoms with E-state index in [9.17, 15) is 14.3 Å². The van der Waals surface area contributed by atoms with Gasteiger partial charge in [0.25, 0.3) is 0 Å². The van der Waals surface area contributed by atoms with Gasteiger partial charge in [-0.2, -0.15) is 9.97 Å². The summed E-state index contributed by atoms with van der Waals surface area (Å²) in [5, 5.41) is 14.5. The summed E-state index contributed by atoms with van der Waals surface area (Å²) in [6.07, 6.45) is 4.38. The van der Waals surface area contributed by atoms with Crippen LogP contribution in [0.2, 0.25) is 0 Å². The van der Waals surface area contributed by atoms with Gasteiger partial charge in [0.2, 0.25) is 5.91 Å². The van der Waals surface area contributed by atoms with Crippen LogP contribution < -0.4 is 15.0 Å². The third kappa shape index (κ3) is 4.68. The summed E-state index contributed by atoms with van der Waals surface area (Å²) in [5.74, 6) is -0.954. The standard InChI is InChI=1S/C34H34F3N7O3/c35-19-11-34(7-2-8-43(34)14-19)17-47-33-40-30-24(31(41-33)42-15-20-5-6-21(16-42)44(20)32(46)26-13-38-26)12-39-29(28(30)37)23-10-22(45)9-18-3-1-4-25(36)27(18)23/h1,3-4,9-10,12,19-21,26,38,45H,2,5-8,11,13-17H2/t19-,20?,21?,26-,34+/m1/s1. The van der Waals surface area contributed by atoms with E-state index in [1.165, 1.54) is 30.5 Å². The van der Waals surface area contributed by atoms with Crippen LogP contribution in [0, 0.1) is 11.6 Å². The Hall–Kier alpha value is -4.23. The van der Waals surface area contributed by atoms with Crippen molar-refractivity contribution in [1.29, 1.82) is 0 Å². The number of pyridine rings is 1. The highest BCUT2D eigenvalue weighted by Gasteiger charge is 2.50. The second-order valence-electron chi connectivity index (χ2n) is 13.7. The van der Waals surface area contributed by atoms with Crippen LogP contribution in [0.5, 0.6) is 11.8 Å². The maximum Gasteiger partial charge on any atom is 0.319 e. The highest BCUT2D eigenvalue weighted by molar-refractivity contribution is 6.00. The number of anilines is 1. The SMILES string of the molecule is O=C([C@H]1CN1)N1C2CCC1CN(c1nc(OC[C@@]34CCCN3C[C@H](F)C4)nc3c(F)c(-c4cc(O)cc5cccc(F)c45)ncc13)C2.